The number of aromatic nitrogens is 4. The van der Waals surface area contributed by atoms with E-state index in [1.807, 2.05) is 6.92 Å². The van der Waals surface area contributed by atoms with Crippen LogP contribution in [0.5, 0.6) is 0 Å². The molecule has 0 saturated carbocycles. The fraction of sp³-hybridized carbons (Fsp3) is 0.667. The lowest BCUT2D eigenvalue weighted by Crippen LogP contribution is -2.24. The van der Waals surface area contributed by atoms with Crippen molar-refractivity contribution in [2.45, 2.75) is 19.9 Å². The molecule has 0 radical (unpaired) electrons. The van der Waals surface area contributed by atoms with Gasteiger partial charge in [-0.15, -0.1) is 0 Å². The third-order valence-electron chi connectivity index (χ3n) is 1.48. The third-order valence-corrected chi connectivity index (χ3v) is 1.48. The fourth-order valence-electron chi connectivity index (χ4n) is 0.864. The Bertz CT molecular complexity index is 282. The molecule has 0 saturated heterocycles. The van der Waals surface area contributed by atoms with Crippen molar-refractivity contribution in [3.05, 3.63) is 0 Å². The molecule has 0 bridgehead atoms. The van der Waals surface area contributed by atoms with Crippen molar-refractivity contribution < 1.29 is 4.79 Å². The number of hydrogen-bond donors (Lipinski definition) is 2. The van der Waals surface area contributed by atoms with Crippen molar-refractivity contribution >= 4 is 11.9 Å². The van der Waals surface area contributed by atoms with Gasteiger partial charge in [0.25, 0.3) is 0 Å². The molecule has 0 spiro atoms. The molecule has 0 aromatic carbocycles. The van der Waals surface area contributed by atoms with Gasteiger partial charge in [-0.05, 0) is 17.4 Å². The van der Waals surface area contributed by atoms with Crippen molar-refractivity contribution in [3.63, 3.8) is 0 Å². The maximum absolute atomic E-state index is 11.0. The van der Waals surface area contributed by atoms with Crippen molar-refractivity contribution in [1.82, 2.24) is 25.5 Å². The minimum absolute atomic E-state index is 0.0302. The third kappa shape index (κ3) is 2.69. The van der Waals surface area contributed by atoms with Gasteiger partial charge in [0.05, 0.1) is 6.54 Å². The average Bonchev–Trinajstić information content (AvgIpc) is 2.48. The Labute approximate surface area is 75.3 Å². The Kier molecular flexibility index (Phi) is 3.18. The molecule has 0 aliphatic carbocycles. The minimum Gasteiger partial charge on any atom is -0.367 e. The molecule has 0 fully saturated rings. The smallest absolute Gasteiger partial charge is 0.240 e. The first kappa shape index (κ1) is 9.43. The van der Waals surface area contributed by atoms with Gasteiger partial charge in [-0.1, -0.05) is 5.10 Å². The lowest BCUT2D eigenvalue weighted by Gasteiger charge is -2.01. The second kappa shape index (κ2) is 4.39. The number of nitrogens with zero attached hydrogens (tertiary/aromatic N) is 4. The first-order valence-corrected chi connectivity index (χ1v) is 4.02. The van der Waals surface area contributed by atoms with E-state index in [9.17, 15) is 4.79 Å². The number of anilines is 1. The van der Waals surface area contributed by atoms with Crippen LogP contribution in [-0.4, -0.2) is 32.7 Å². The largest absolute Gasteiger partial charge is 0.367 e. The van der Waals surface area contributed by atoms with E-state index in [1.165, 1.54) is 4.68 Å². The van der Waals surface area contributed by atoms with Crippen LogP contribution in [0.3, 0.4) is 0 Å². The summed E-state index contributed by atoms with van der Waals surface area (Å²) in [5.74, 6) is 0.196. The van der Waals surface area contributed by atoms with Gasteiger partial charge in [-0.3, -0.25) is 4.79 Å². The van der Waals surface area contributed by atoms with Crippen LogP contribution in [0.2, 0.25) is 0 Å². The van der Waals surface area contributed by atoms with E-state index >= 15 is 0 Å². The summed E-state index contributed by atoms with van der Waals surface area (Å²) in [6.07, 6.45) is 0.336. The summed E-state index contributed by atoms with van der Waals surface area (Å²) in [6.45, 7) is 2.90. The second-order valence-electron chi connectivity index (χ2n) is 2.46. The lowest BCUT2D eigenvalue weighted by molar-refractivity contribution is -0.121. The van der Waals surface area contributed by atoms with E-state index in [4.69, 9.17) is 5.73 Å². The maximum atomic E-state index is 11.0. The Morgan fingerprint density at radius 1 is 1.69 bits per heavy atom. The lowest BCUT2D eigenvalue weighted by atomic mass is 10.4. The molecule has 0 aliphatic rings. The molecular formula is C6H12N6O. The highest BCUT2D eigenvalue weighted by Crippen LogP contribution is 1.93. The number of hydrogen-bond acceptors (Lipinski definition) is 5. The second-order valence-corrected chi connectivity index (χ2v) is 2.46. The monoisotopic (exact) mass is 184 g/mol. The molecule has 1 aromatic heterocycles. The highest BCUT2D eigenvalue weighted by atomic mass is 16.1. The Balaban J connectivity index is 2.35. The predicted octanol–water partition coefficient (Wildman–Crippen LogP) is -1.22. The van der Waals surface area contributed by atoms with Crippen molar-refractivity contribution in [2.75, 3.05) is 12.3 Å². The van der Waals surface area contributed by atoms with Gasteiger partial charge in [0.1, 0.15) is 0 Å². The van der Waals surface area contributed by atoms with Crippen LogP contribution in [0.4, 0.5) is 5.95 Å². The predicted molar refractivity (Wildman–Crippen MR) is 45.5 cm³/mol. The molecule has 3 N–H and O–H groups in total. The normalized spacial score (nSPS) is 9.92. The summed E-state index contributed by atoms with van der Waals surface area (Å²) in [7, 11) is 0. The number of rotatable bonds is 4. The van der Waals surface area contributed by atoms with Gasteiger partial charge in [-0.25, -0.2) is 4.68 Å². The average molecular weight is 184 g/mol. The molecule has 1 aromatic rings. The van der Waals surface area contributed by atoms with Gasteiger partial charge in [-0.2, -0.15) is 0 Å². The molecule has 0 atom stereocenters. The first-order valence-electron chi connectivity index (χ1n) is 4.02. The SMILES string of the molecule is CCNC(=O)CCn1nnnc1N. The van der Waals surface area contributed by atoms with Crippen LogP contribution in [0.15, 0.2) is 0 Å². The highest BCUT2D eigenvalue weighted by molar-refractivity contribution is 5.75. The van der Waals surface area contributed by atoms with Crippen LogP contribution >= 0.6 is 0 Å². The van der Waals surface area contributed by atoms with E-state index in [2.05, 4.69) is 20.8 Å². The Morgan fingerprint density at radius 3 is 3.00 bits per heavy atom. The Morgan fingerprint density at radius 2 is 2.46 bits per heavy atom. The first-order chi connectivity index (χ1) is 6.24. The van der Waals surface area contributed by atoms with E-state index in [0.29, 0.717) is 19.5 Å². The molecule has 13 heavy (non-hydrogen) atoms. The van der Waals surface area contributed by atoms with Crippen LogP contribution in [0.1, 0.15) is 13.3 Å². The molecule has 0 aliphatic heterocycles. The van der Waals surface area contributed by atoms with Gasteiger partial charge in [0.15, 0.2) is 0 Å². The summed E-state index contributed by atoms with van der Waals surface area (Å²) in [5, 5.41) is 13.1. The maximum Gasteiger partial charge on any atom is 0.240 e. The molecule has 7 nitrogen and oxygen atoms in total. The summed E-state index contributed by atoms with van der Waals surface area (Å²) in [6, 6.07) is 0. The molecule has 1 heterocycles. The van der Waals surface area contributed by atoms with E-state index in [1.54, 1.807) is 0 Å². The topological polar surface area (TPSA) is 98.7 Å². The van der Waals surface area contributed by atoms with E-state index in [0.717, 1.165) is 0 Å². The fourth-order valence-corrected chi connectivity index (χ4v) is 0.864. The number of carbonyl (C=O) groups is 1. The zero-order valence-electron chi connectivity index (χ0n) is 7.40. The summed E-state index contributed by atoms with van der Waals surface area (Å²) in [5.41, 5.74) is 5.40. The highest BCUT2D eigenvalue weighted by Gasteiger charge is 2.03. The van der Waals surface area contributed by atoms with Gasteiger partial charge in [0, 0.05) is 13.0 Å². The number of nitrogens with two attached hydrogens (primary N) is 1. The minimum atomic E-state index is -0.0302. The van der Waals surface area contributed by atoms with E-state index in [-0.39, 0.29) is 11.9 Å². The van der Waals surface area contributed by atoms with Gasteiger partial charge < -0.3 is 11.1 Å². The number of aryl methyl sites for hydroxylation is 1. The summed E-state index contributed by atoms with van der Waals surface area (Å²) in [4.78, 5) is 11.0. The molecular weight excluding hydrogens is 172 g/mol. The quantitative estimate of drug-likeness (QED) is 0.611. The number of nitrogens with one attached hydrogen (secondary N) is 1. The van der Waals surface area contributed by atoms with Crippen LogP contribution in [-0.2, 0) is 11.3 Å². The van der Waals surface area contributed by atoms with Gasteiger partial charge >= 0.3 is 0 Å². The summed E-state index contributed by atoms with van der Waals surface area (Å²) < 4.78 is 1.38. The van der Waals surface area contributed by atoms with Crippen molar-refractivity contribution in [1.29, 1.82) is 0 Å². The number of nitrogen functional groups attached to an aromatic ring is 1. The molecule has 7 heteroatoms. The molecule has 72 valence electrons. The number of carbonyl (C=O) groups excluding carboxylic acids is 1. The standard InChI is InChI=1S/C6H12N6O/c1-2-8-5(13)3-4-12-6(7)9-10-11-12/h2-4H2,1H3,(H,8,13)(H2,7,9,11). The van der Waals surface area contributed by atoms with Gasteiger partial charge in [0.2, 0.25) is 11.9 Å². The zero-order valence-corrected chi connectivity index (χ0v) is 7.40. The van der Waals surface area contributed by atoms with Crippen LogP contribution in [0.25, 0.3) is 0 Å². The van der Waals surface area contributed by atoms with Crippen molar-refractivity contribution in [2.24, 2.45) is 0 Å². The van der Waals surface area contributed by atoms with Crippen LogP contribution in [0, 0.1) is 0 Å². The number of amides is 1. The Hall–Kier alpha value is -1.66. The number of tetrazole rings is 1. The zero-order chi connectivity index (χ0) is 9.68. The molecule has 1 amide bonds. The summed E-state index contributed by atoms with van der Waals surface area (Å²) >= 11 is 0. The van der Waals surface area contributed by atoms with Crippen LogP contribution < -0.4 is 11.1 Å². The molecule has 0 unspecified atom stereocenters. The van der Waals surface area contributed by atoms with E-state index < -0.39 is 0 Å². The van der Waals surface area contributed by atoms with Crippen molar-refractivity contribution in [3.8, 4) is 0 Å². The molecule has 1 rings (SSSR count).